The maximum atomic E-state index is 5.92. The van der Waals surface area contributed by atoms with E-state index in [4.69, 9.17) is 5.73 Å². The third kappa shape index (κ3) is 4.45. The van der Waals surface area contributed by atoms with Gasteiger partial charge >= 0.3 is 0 Å². The first-order chi connectivity index (χ1) is 9.28. The number of nitrogens with two attached hydrogens (primary N) is 1. The molecule has 3 heteroatoms. The lowest BCUT2D eigenvalue weighted by molar-refractivity contribution is 0.642. The Hall–Kier alpha value is -1.74. The van der Waals surface area contributed by atoms with Crippen molar-refractivity contribution in [2.75, 3.05) is 0 Å². The second kappa shape index (κ2) is 7.00. The predicted molar refractivity (Wildman–Crippen MR) is 77.9 cm³/mol. The van der Waals surface area contributed by atoms with Gasteiger partial charge in [-0.2, -0.15) is 0 Å². The maximum absolute atomic E-state index is 5.92. The standard InChI is InChI=1S/C16H21N3/c1-2-15(17)10-14-11-18-16(19-12-14)9-8-13-6-4-3-5-7-13/h3-7,11-12,15H,2,8-10,17H2,1H3. The largest absolute Gasteiger partial charge is 0.327 e. The SMILES string of the molecule is CCC(N)Cc1cnc(CCc2ccccc2)nc1. The molecular weight excluding hydrogens is 234 g/mol. The van der Waals surface area contributed by atoms with Gasteiger partial charge in [-0.15, -0.1) is 0 Å². The summed E-state index contributed by atoms with van der Waals surface area (Å²) in [4.78, 5) is 8.83. The normalized spacial score (nSPS) is 12.3. The zero-order valence-corrected chi connectivity index (χ0v) is 11.4. The predicted octanol–water partition coefficient (Wildman–Crippen LogP) is 2.54. The number of nitrogens with zero attached hydrogens (tertiary/aromatic N) is 2. The first kappa shape index (κ1) is 13.7. The van der Waals surface area contributed by atoms with E-state index in [1.165, 1.54) is 5.56 Å². The minimum absolute atomic E-state index is 0.207. The molecule has 0 aliphatic heterocycles. The summed E-state index contributed by atoms with van der Waals surface area (Å²) in [6, 6.07) is 10.6. The first-order valence-corrected chi connectivity index (χ1v) is 6.87. The van der Waals surface area contributed by atoms with Crippen LogP contribution in [0.25, 0.3) is 0 Å². The first-order valence-electron chi connectivity index (χ1n) is 6.87. The highest BCUT2D eigenvalue weighted by molar-refractivity contribution is 5.16. The minimum Gasteiger partial charge on any atom is -0.327 e. The molecule has 0 fully saturated rings. The van der Waals surface area contributed by atoms with Gasteiger partial charge in [0, 0.05) is 24.9 Å². The van der Waals surface area contributed by atoms with Crippen LogP contribution >= 0.6 is 0 Å². The number of aryl methyl sites for hydroxylation is 2. The van der Waals surface area contributed by atoms with E-state index >= 15 is 0 Å². The average molecular weight is 255 g/mol. The van der Waals surface area contributed by atoms with Crippen LogP contribution in [0.3, 0.4) is 0 Å². The minimum atomic E-state index is 0.207. The molecule has 2 aromatic rings. The molecule has 0 amide bonds. The quantitative estimate of drug-likeness (QED) is 0.863. The van der Waals surface area contributed by atoms with E-state index in [0.717, 1.165) is 37.1 Å². The number of rotatable bonds is 6. The highest BCUT2D eigenvalue weighted by atomic mass is 14.9. The van der Waals surface area contributed by atoms with Crippen molar-refractivity contribution < 1.29 is 0 Å². The fraction of sp³-hybridized carbons (Fsp3) is 0.375. The van der Waals surface area contributed by atoms with Gasteiger partial charge in [-0.1, -0.05) is 37.3 Å². The Morgan fingerprint density at radius 3 is 2.32 bits per heavy atom. The molecule has 1 aromatic heterocycles. The van der Waals surface area contributed by atoms with Gasteiger partial charge in [0.25, 0.3) is 0 Å². The van der Waals surface area contributed by atoms with Crippen LogP contribution in [0.4, 0.5) is 0 Å². The van der Waals surface area contributed by atoms with E-state index in [0.29, 0.717) is 0 Å². The Balaban J connectivity index is 1.88. The average Bonchev–Trinajstić information content (AvgIpc) is 2.47. The fourth-order valence-electron chi connectivity index (χ4n) is 1.96. The molecule has 0 spiro atoms. The van der Waals surface area contributed by atoms with Crippen LogP contribution in [0.15, 0.2) is 42.7 Å². The molecular formula is C16H21N3. The zero-order chi connectivity index (χ0) is 13.5. The molecule has 100 valence electrons. The summed E-state index contributed by atoms with van der Waals surface area (Å²) >= 11 is 0. The lowest BCUT2D eigenvalue weighted by Gasteiger charge is -2.08. The van der Waals surface area contributed by atoms with E-state index < -0.39 is 0 Å². The van der Waals surface area contributed by atoms with Gasteiger partial charge in [-0.25, -0.2) is 9.97 Å². The van der Waals surface area contributed by atoms with Crippen molar-refractivity contribution in [3.8, 4) is 0 Å². The van der Waals surface area contributed by atoms with E-state index in [-0.39, 0.29) is 6.04 Å². The Labute approximate surface area is 114 Å². The molecule has 3 nitrogen and oxygen atoms in total. The topological polar surface area (TPSA) is 51.8 Å². The van der Waals surface area contributed by atoms with Gasteiger partial charge < -0.3 is 5.73 Å². The summed E-state index contributed by atoms with van der Waals surface area (Å²) in [5.74, 6) is 0.901. The van der Waals surface area contributed by atoms with Crippen LogP contribution in [0, 0.1) is 0 Å². The van der Waals surface area contributed by atoms with Crippen molar-refractivity contribution in [1.82, 2.24) is 9.97 Å². The van der Waals surface area contributed by atoms with Crippen molar-refractivity contribution in [2.24, 2.45) is 5.73 Å². The molecule has 2 rings (SSSR count). The molecule has 1 unspecified atom stereocenters. The molecule has 0 radical (unpaired) electrons. The van der Waals surface area contributed by atoms with E-state index in [2.05, 4.69) is 41.2 Å². The van der Waals surface area contributed by atoms with Gasteiger partial charge in [0.05, 0.1) is 0 Å². The molecule has 1 aromatic carbocycles. The van der Waals surface area contributed by atoms with Crippen molar-refractivity contribution in [3.63, 3.8) is 0 Å². The third-order valence-corrected chi connectivity index (χ3v) is 3.26. The van der Waals surface area contributed by atoms with Crippen LogP contribution in [0.2, 0.25) is 0 Å². The van der Waals surface area contributed by atoms with Crippen molar-refractivity contribution in [3.05, 3.63) is 59.7 Å². The molecule has 0 saturated heterocycles. The zero-order valence-electron chi connectivity index (χ0n) is 11.4. The smallest absolute Gasteiger partial charge is 0.128 e. The summed E-state index contributed by atoms with van der Waals surface area (Å²) < 4.78 is 0. The number of hydrogen-bond donors (Lipinski definition) is 1. The molecule has 19 heavy (non-hydrogen) atoms. The van der Waals surface area contributed by atoms with Crippen LogP contribution in [0.1, 0.15) is 30.3 Å². The number of hydrogen-bond acceptors (Lipinski definition) is 3. The van der Waals surface area contributed by atoms with E-state index in [9.17, 15) is 0 Å². The molecule has 0 aliphatic carbocycles. The molecule has 1 atom stereocenters. The maximum Gasteiger partial charge on any atom is 0.128 e. The Kier molecular flexibility index (Phi) is 5.04. The second-order valence-corrected chi connectivity index (χ2v) is 4.87. The van der Waals surface area contributed by atoms with Gasteiger partial charge in [0.1, 0.15) is 5.82 Å². The third-order valence-electron chi connectivity index (χ3n) is 3.26. The Morgan fingerprint density at radius 1 is 1.00 bits per heavy atom. The highest BCUT2D eigenvalue weighted by Gasteiger charge is 2.03. The van der Waals surface area contributed by atoms with Crippen LogP contribution in [0.5, 0.6) is 0 Å². The van der Waals surface area contributed by atoms with E-state index in [1.807, 2.05) is 18.5 Å². The van der Waals surface area contributed by atoms with Crippen molar-refractivity contribution in [2.45, 2.75) is 38.6 Å². The number of aromatic nitrogens is 2. The van der Waals surface area contributed by atoms with Gasteiger partial charge in [0.15, 0.2) is 0 Å². The number of benzene rings is 1. The molecule has 1 heterocycles. The second-order valence-electron chi connectivity index (χ2n) is 4.87. The lowest BCUT2D eigenvalue weighted by Crippen LogP contribution is -2.21. The molecule has 0 saturated carbocycles. The van der Waals surface area contributed by atoms with Gasteiger partial charge in [0.2, 0.25) is 0 Å². The molecule has 0 bridgehead atoms. The fourth-order valence-corrected chi connectivity index (χ4v) is 1.96. The molecule has 0 aliphatic rings. The van der Waals surface area contributed by atoms with Crippen molar-refractivity contribution in [1.29, 1.82) is 0 Å². The summed E-state index contributed by atoms with van der Waals surface area (Å²) in [6.07, 6.45) is 7.51. The van der Waals surface area contributed by atoms with E-state index in [1.54, 1.807) is 0 Å². The Morgan fingerprint density at radius 2 is 1.68 bits per heavy atom. The summed E-state index contributed by atoms with van der Waals surface area (Å²) in [6.45, 7) is 2.10. The van der Waals surface area contributed by atoms with Gasteiger partial charge in [-0.05, 0) is 30.4 Å². The summed E-state index contributed by atoms with van der Waals surface area (Å²) in [5, 5.41) is 0. The van der Waals surface area contributed by atoms with Crippen LogP contribution < -0.4 is 5.73 Å². The molecule has 2 N–H and O–H groups in total. The summed E-state index contributed by atoms with van der Waals surface area (Å²) in [5.41, 5.74) is 8.37. The lowest BCUT2D eigenvalue weighted by atomic mass is 10.1. The van der Waals surface area contributed by atoms with Crippen LogP contribution in [-0.4, -0.2) is 16.0 Å². The summed E-state index contributed by atoms with van der Waals surface area (Å²) in [7, 11) is 0. The monoisotopic (exact) mass is 255 g/mol. The Bertz CT molecular complexity index is 479. The van der Waals surface area contributed by atoms with Crippen LogP contribution in [-0.2, 0) is 19.3 Å². The highest BCUT2D eigenvalue weighted by Crippen LogP contribution is 2.05. The van der Waals surface area contributed by atoms with Crippen molar-refractivity contribution >= 4 is 0 Å². The van der Waals surface area contributed by atoms with Gasteiger partial charge in [-0.3, -0.25) is 0 Å².